The molecule has 1 amide bonds. The zero-order valence-corrected chi connectivity index (χ0v) is 29.1. The molecule has 1 heterocycles. The molecule has 0 bridgehead atoms. The van der Waals surface area contributed by atoms with Gasteiger partial charge in [-0.25, -0.2) is 0 Å². The molecule has 6 rings (SSSR count). The molecule has 1 aromatic carbocycles. The average Bonchev–Trinajstić information content (AvgIpc) is 3.87. The fourth-order valence-corrected chi connectivity index (χ4v) is 9.07. The first-order valence-electron chi connectivity index (χ1n) is 17.2. The monoisotopic (exact) mass is 679 g/mol. The summed E-state index contributed by atoms with van der Waals surface area (Å²) < 4.78 is 16.5. The number of fused-ring (bicyclic) bond motifs is 1. The maximum absolute atomic E-state index is 14.8. The molecule has 0 N–H and O–H groups in total. The van der Waals surface area contributed by atoms with Crippen molar-refractivity contribution in [2.45, 2.75) is 90.5 Å². The lowest BCUT2D eigenvalue weighted by Gasteiger charge is -2.46. The highest BCUT2D eigenvalue weighted by Gasteiger charge is 2.54. The quantitative estimate of drug-likeness (QED) is 0.190. The van der Waals surface area contributed by atoms with Crippen LogP contribution in [-0.4, -0.2) is 55.3 Å². The summed E-state index contributed by atoms with van der Waals surface area (Å²) in [4.78, 5) is 70.9. The lowest BCUT2D eigenvalue weighted by Crippen LogP contribution is -2.52. The zero-order valence-electron chi connectivity index (χ0n) is 28.3. The second-order valence-corrected chi connectivity index (χ2v) is 15.4. The fraction of sp³-hybridized carbons (Fsp3) is 0.605. The highest BCUT2D eigenvalue weighted by Crippen LogP contribution is 2.57. The van der Waals surface area contributed by atoms with Gasteiger partial charge >= 0.3 is 17.9 Å². The Bertz CT molecular complexity index is 1580. The second-order valence-electron chi connectivity index (χ2n) is 15.0. The summed E-state index contributed by atoms with van der Waals surface area (Å²) in [6, 6.07) is 2.58. The minimum Gasteiger partial charge on any atom is -0.469 e. The molecule has 2 saturated carbocycles. The normalized spacial score (nSPS) is 32.2. The Morgan fingerprint density at radius 3 is 2.12 bits per heavy atom. The van der Waals surface area contributed by atoms with Crippen LogP contribution in [0.2, 0.25) is 5.02 Å². The molecule has 0 aromatic heterocycles. The van der Waals surface area contributed by atoms with Crippen molar-refractivity contribution in [3.05, 3.63) is 52.6 Å². The molecular weight excluding hydrogens is 634 g/mol. The van der Waals surface area contributed by atoms with Gasteiger partial charge in [0, 0.05) is 29.5 Å². The Balaban J connectivity index is 1.43. The molecule has 9 nitrogen and oxygen atoms in total. The van der Waals surface area contributed by atoms with Gasteiger partial charge in [0.25, 0.3) is 0 Å². The van der Waals surface area contributed by atoms with Crippen LogP contribution in [0, 0.1) is 34.0 Å². The van der Waals surface area contributed by atoms with E-state index in [9.17, 15) is 24.0 Å². The lowest BCUT2D eigenvalue weighted by atomic mass is 9.68. The van der Waals surface area contributed by atoms with Crippen LogP contribution in [0.1, 0.15) is 95.2 Å². The summed E-state index contributed by atoms with van der Waals surface area (Å²) in [6.45, 7) is 3.78. The van der Waals surface area contributed by atoms with Crippen LogP contribution in [-0.2, 0) is 39.9 Å². The van der Waals surface area contributed by atoms with E-state index in [1.807, 2.05) is 24.3 Å². The van der Waals surface area contributed by atoms with E-state index in [-0.39, 0.29) is 22.9 Å². The first-order valence-corrected chi connectivity index (χ1v) is 17.6. The van der Waals surface area contributed by atoms with Crippen LogP contribution < -0.4 is 4.74 Å². The number of methoxy groups -OCH3 is 2. The summed E-state index contributed by atoms with van der Waals surface area (Å²) in [5.41, 5.74) is -0.831. The third-order valence-corrected chi connectivity index (χ3v) is 12.5. The minimum absolute atomic E-state index is 0.0479. The number of ketones is 1. The number of nitrogens with zero attached hydrogens (tertiary/aromatic N) is 1. The molecule has 1 unspecified atom stereocenters. The van der Waals surface area contributed by atoms with Crippen LogP contribution >= 0.6 is 11.6 Å². The third kappa shape index (κ3) is 5.90. The van der Waals surface area contributed by atoms with Crippen molar-refractivity contribution >= 4 is 41.2 Å². The van der Waals surface area contributed by atoms with Gasteiger partial charge < -0.3 is 19.1 Å². The number of allylic oxidation sites excluding steroid dienone is 4. The van der Waals surface area contributed by atoms with Crippen molar-refractivity contribution in [2.75, 3.05) is 20.8 Å². The van der Waals surface area contributed by atoms with Crippen molar-refractivity contribution in [1.29, 1.82) is 0 Å². The van der Waals surface area contributed by atoms with Gasteiger partial charge in [-0.15, -0.1) is 0 Å². The van der Waals surface area contributed by atoms with E-state index >= 15 is 0 Å². The van der Waals surface area contributed by atoms with Gasteiger partial charge in [0.05, 0.1) is 42.9 Å². The number of amides is 1. The molecule has 5 aliphatic rings. The van der Waals surface area contributed by atoms with Gasteiger partial charge in [-0.1, -0.05) is 42.3 Å². The summed E-state index contributed by atoms with van der Waals surface area (Å²) in [6.07, 6.45) is 14.2. The Labute approximate surface area is 287 Å². The first kappa shape index (κ1) is 34.4. The summed E-state index contributed by atoms with van der Waals surface area (Å²) in [5, 5.41) is 0.474. The number of benzene rings is 1. The van der Waals surface area contributed by atoms with E-state index in [1.54, 1.807) is 30.9 Å². The Kier molecular flexibility index (Phi) is 9.39. The minimum atomic E-state index is -1.11. The molecular formula is C38H46ClNO8. The molecule has 1 aliphatic heterocycles. The van der Waals surface area contributed by atoms with E-state index in [1.165, 1.54) is 14.2 Å². The van der Waals surface area contributed by atoms with Gasteiger partial charge in [-0.05, 0) is 94.7 Å². The van der Waals surface area contributed by atoms with Gasteiger partial charge in [-0.2, -0.15) is 0 Å². The van der Waals surface area contributed by atoms with Crippen LogP contribution in [0.3, 0.4) is 0 Å². The predicted molar refractivity (Wildman–Crippen MR) is 178 cm³/mol. The Morgan fingerprint density at radius 1 is 0.875 bits per heavy atom. The third-order valence-electron chi connectivity index (χ3n) is 12.1. The standard InChI is InChI=1S/C38H46ClNO8/c1-36(34(44)46-3)16-7-5-11-25(36)32(42)40-21-15-23-27(39)13-14-29(48-33(43)26-12-6-8-17-37(26,2)35(45)47-4)30(23)31(40)24-10-9-18-38(19-20-38)22-28(24)41/h5-8,13-14,24-26,31H,9-12,15-22H2,1-4H3/t24?,25-,26-,31+,36-,37-/m0/s1. The number of hydrogen-bond donors (Lipinski definition) is 0. The van der Waals surface area contributed by atoms with Crippen molar-refractivity contribution in [1.82, 2.24) is 4.90 Å². The molecule has 258 valence electrons. The molecule has 10 heteroatoms. The summed E-state index contributed by atoms with van der Waals surface area (Å²) in [7, 11) is 2.64. The van der Waals surface area contributed by atoms with Crippen molar-refractivity contribution in [3.8, 4) is 5.75 Å². The summed E-state index contributed by atoms with van der Waals surface area (Å²) >= 11 is 6.85. The smallest absolute Gasteiger partial charge is 0.315 e. The number of Topliss-reactive ketones (excluding diaryl/α,β-unsaturated/α-hetero) is 1. The number of rotatable bonds is 6. The number of ether oxygens (including phenoxy) is 3. The van der Waals surface area contributed by atoms with Crippen molar-refractivity contribution in [2.24, 2.45) is 34.0 Å². The van der Waals surface area contributed by atoms with Crippen LogP contribution in [0.25, 0.3) is 0 Å². The van der Waals surface area contributed by atoms with Crippen LogP contribution in [0.15, 0.2) is 36.4 Å². The zero-order chi connectivity index (χ0) is 34.4. The van der Waals surface area contributed by atoms with Gasteiger partial charge in [-0.3, -0.25) is 24.0 Å². The van der Waals surface area contributed by atoms with Crippen LogP contribution in [0.5, 0.6) is 5.75 Å². The van der Waals surface area contributed by atoms with E-state index in [4.69, 9.17) is 25.8 Å². The topological polar surface area (TPSA) is 116 Å². The SMILES string of the molecule is COC(=O)[C@@]1(C)CC=CC[C@H]1C(=O)Oc1ccc(Cl)c2c1[C@@H](C1CCCC3(CC3)CC1=O)N(C(=O)[C@@H]1CC=CC[C@]1(C)C(=O)OC)CC2. The first-order chi connectivity index (χ1) is 22.9. The predicted octanol–water partition coefficient (Wildman–Crippen LogP) is 6.50. The van der Waals surface area contributed by atoms with Gasteiger partial charge in [0.2, 0.25) is 5.91 Å². The average molecular weight is 680 g/mol. The van der Waals surface area contributed by atoms with Crippen molar-refractivity contribution in [3.63, 3.8) is 0 Å². The molecule has 4 aliphatic carbocycles. The number of hydrogen-bond acceptors (Lipinski definition) is 8. The highest BCUT2D eigenvalue weighted by molar-refractivity contribution is 6.31. The van der Waals surface area contributed by atoms with Crippen LogP contribution in [0.4, 0.5) is 0 Å². The summed E-state index contributed by atoms with van der Waals surface area (Å²) in [5.74, 6) is -3.45. The van der Waals surface area contributed by atoms with E-state index in [0.29, 0.717) is 62.1 Å². The molecule has 2 fully saturated rings. The molecule has 0 radical (unpaired) electrons. The molecule has 1 spiro atoms. The highest BCUT2D eigenvalue weighted by atomic mass is 35.5. The molecule has 1 aromatic rings. The number of carbonyl (C=O) groups excluding carboxylic acids is 5. The van der Waals surface area contributed by atoms with E-state index < -0.39 is 52.5 Å². The number of carbonyl (C=O) groups is 5. The Morgan fingerprint density at radius 2 is 1.50 bits per heavy atom. The van der Waals surface area contributed by atoms with Crippen molar-refractivity contribution < 1.29 is 38.2 Å². The van der Waals surface area contributed by atoms with Gasteiger partial charge in [0.1, 0.15) is 11.5 Å². The number of halogens is 1. The second kappa shape index (κ2) is 13.1. The van der Waals surface area contributed by atoms with E-state index in [0.717, 1.165) is 31.2 Å². The maximum atomic E-state index is 14.8. The van der Waals surface area contributed by atoms with E-state index in [2.05, 4.69) is 0 Å². The van der Waals surface area contributed by atoms with Gasteiger partial charge in [0.15, 0.2) is 0 Å². The lowest BCUT2D eigenvalue weighted by molar-refractivity contribution is -0.163. The molecule has 0 saturated heterocycles. The Hall–Kier alpha value is -3.46. The maximum Gasteiger partial charge on any atom is 0.315 e. The largest absolute Gasteiger partial charge is 0.469 e. The number of esters is 3. The fourth-order valence-electron chi connectivity index (χ4n) is 8.81. The molecule has 6 atom stereocenters. The molecule has 48 heavy (non-hydrogen) atoms.